The summed E-state index contributed by atoms with van der Waals surface area (Å²) in [6, 6.07) is 6.28. The first-order chi connectivity index (χ1) is 68.1. The van der Waals surface area contributed by atoms with Crippen molar-refractivity contribution in [3.63, 3.8) is 0 Å². The Kier molecular flexibility index (Phi) is 43.0. The van der Waals surface area contributed by atoms with Gasteiger partial charge < -0.3 is 107 Å². The smallest absolute Gasteiger partial charge is 0.336 e. The molecule has 5 aliphatic carbocycles. The number of amides is 4. The van der Waals surface area contributed by atoms with Gasteiger partial charge >= 0.3 is 35.5 Å². The van der Waals surface area contributed by atoms with E-state index >= 15 is 0 Å². The van der Waals surface area contributed by atoms with Crippen LogP contribution in [0, 0.1) is 10.1 Å². The first kappa shape index (κ1) is 112. The number of piperidine rings is 1. The van der Waals surface area contributed by atoms with E-state index in [0.717, 1.165) is 162 Å². The van der Waals surface area contributed by atoms with Crippen LogP contribution >= 0.6 is 34.8 Å². The zero-order valence-corrected chi connectivity index (χ0v) is 86.1. The van der Waals surface area contributed by atoms with Crippen molar-refractivity contribution in [1.29, 1.82) is 0 Å². The highest BCUT2D eigenvalue weighted by Gasteiger charge is 2.46. The SMILES string of the molecule is CC[C@@H](C(=O)OC)N(c1nc(Cl)ncc1[N+](=O)[O-])C1CCCC1.CC[C@@H](N)C(=O)OC.CC[C@@H](NC1CCCC1)C(=O)OC.CC[C@H](N)C(=O)O.CC[C@H]1C(=O)N(C)c2cnc(Cl)nc2N1C1CCCC1.CC[C@H]1C(=O)N(C)c2cnc(Nc3ccc(C(=O)NC4CCN(C)CC4)c4c3OCC4)nc2N1C1CCCC1.CC[C@H]1C(=O)Nc2cnc(Cl)nc2N1C1CCCC1.Nc1ccc(C(=O)O)c2c1OCC2. The lowest BCUT2D eigenvalue weighted by Gasteiger charge is -2.43. The standard InChI is InChI=1S/C29H39N7O3.C14H19ClN4O4.C14H19ClN4O.C13H17ClN4O.C10H19NO2.C9H9NO3.C5H11NO2.C4H9NO2/c1-4-23-28(38)35(3)24-17-30-29(33-26(24)36(23)19-7-5-6-8-19)32-22-10-9-21(20-13-16-39-25(20)22)27(37)31-18-11-14-34(2)15-12-18;1-3-10(13(20)23-2)18(9-6-4-5-7-9)12-11(19(21)22)8-16-14(15)17-12;1-3-10-13(20)18(2)11-8-16-14(15)17-12(11)19(10)9-6-4-5-7-9;1-2-10-12(19)16-9-7-15-13(14)17-11(9)18(10)8-5-3-4-6-8;1-3-9(10(12)13-2)11-8-6-4-5-7-8;10-7-2-1-6(9(11)12)5-3-4-13-8(5)7;1-3-4(6)5(7)8-2;1-2-3(5)4(6)7/h9-10,17-19,23H,4-8,11-16H2,1-3H3,(H,31,37)(H,30,32,33);8-10H,3-7H2,1-2H3;8-10H,3-7H2,1-2H3;7-8,10H,2-6H2,1H3,(H,16,19);8-9,11H,3-7H2,1-2H3;1-2H,3-4,10H2,(H,11,12);4H,3,6H2,1-2H3;3H,2,5H2,1H3,(H,6,7)/t23-;3*10-;9-;;4-;3-/m00001.10/s1. The number of aromatic carboxylic acids is 1. The van der Waals surface area contributed by atoms with Crippen LogP contribution in [0.25, 0.3) is 0 Å². The monoisotopic (exact) mass is 2030 g/mol. The van der Waals surface area contributed by atoms with Crippen molar-refractivity contribution in [1.82, 2.24) is 55.4 Å². The number of halogens is 3. The van der Waals surface area contributed by atoms with Crippen LogP contribution in [0.4, 0.5) is 63.3 Å². The molecule has 41 nitrogen and oxygen atoms in total. The molecule has 10 heterocycles. The van der Waals surface area contributed by atoms with Crippen LogP contribution in [0.2, 0.25) is 15.9 Å². The number of carbonyl (C=O) groups excluding carboxylic acids is 7. The number of nitro groups is 1. The number of likely N-dealkylation sites (N-methyl/N-ethyl adjacent to an activating group) is 2. The van der Waals surface area contributed by atoms with Crippen LogP contribution in [0.15, 0.2) is 49.1 Å². The number of nitrogens with zero attached hydrogens (tertiary/aromatic N) is 16. The van der Waals surface area contributed by atoms with Crippen LogP contribution in [0.3, 0.4) is 0 Å². The van der Waals surface area contributed by atoms with Crippen LogP contribution in [-0.2, 0) is 60.6 Å². The molecular formula is C98H142Cl3N23O18. The highest BCUT2D eigenvalue weighted by atomic mass is 35.5. The summed E-state index contributed by atoms with van der Waals surface area (Å²) in [6.07, 6.45) is 36.5. The van der Waals surface area contributed by atoms with Crippen LogP contribution in [-0.4, -0.2) is 261 Å². The number of hydrogen-bond donors (Lipinski definition) is 9. The Balaban J connectivity index is 0.000000177. The van der Waals surface area contributed by atoms with Gasteiger partial charge in [0.05, 0.1) is 75.0 Å². The summed E-state index contributed by atoms with van der Waals surface area (Å²) in [5.74, 6) is 1.62. The summed E-state index contributed by atoms with van der Waals surface area (Å²) in [7, 11) is 9.79. The van der Waals surface area contributed by atoms with Gasteiger partial charge in [0, 0.05) is 79.9 Å². The summed E-state index contributed by atoms with van der Waals surface area (Å²) in [5, 5.41) is 41.4. The number of ether oxygens (including phenoxy) is 5. The Morgan fingerprint density at radius 1 is 0.556 bits per heavy atom. The van der Waals surface area contributed by atoms with Crippen LogP contribution in [0.5, 0.6) is 11.5 Å². The number of aromatic nitrogens is 8. The lowest BCUT2D eigenvalue weighted by Crippen LogP contribution is -2.55. The molecular weight excluding hydrogens is 1890 g/mol. The van der Waals surface area contributed by atoms with Crippen molar-refractivity contribution < 1.29 is 82.0 Å². The third-order valence-corrected chi connectivity index (χ3v) is 28.3. The molecule has 12 N–H and O–H groups in total. The fourth-order valence-electron chi connectivity index (χ4n) is 20.0. The first-order valence-corrected chi connectivity index (χ1v) is 50.9. The minimum atomic E-state index is -0.929. The first-order valence-electron chi connectivity index (χ1n) is 49.8. The lowest BCUT2D eigenvalue weighted by atomic mass is 10.0. The van der Waals surface area contributed by atoms with Gasteiger partial charge in [0.1, 0.15) is 77.1 Å². The number of anilines is 10. The van der Waals surface area contributed by atoms with Gasteiger partial charge in [0.2, 0.25) is 45.3 Å². The average Bonchev–Trinajstić information content (AvgIpc) is 1.71. The van der Waals surface area contributed by atoms with Crippen molar-refractivity contribution in [2.75, 3.05) is 115 Å². The van der Waals surface area contributed by atoms with Gasteiger partial charge in [-0.2, -0.15) is 19.9 Å². The number of methoxy groups -OCH3 is 3. The maximum absolute atomic E-state index is 13.2. The maximum Gasteiger partial charge on any atom is 0.336 e. The van der Waals surface area contributed by atoms with Crippen molar-refractivity contribution in [2.24, 2.45) is 11.5 Å². The predicted octanol–water partition coefficient (Wildman–Crippen LogP) is 13.5. The molecule has 2 aromatic carbocycles. The Hall–Kier alpha value is -11.5. The molecule has 6 aromatic rings. The molecule has 778 valence electrons. The van der Waals surface area contributed by atoms with E-state index in [1.807, 2.05) is 53.8 Å². The van der Waals surface area contributed by atoms with Gasteiger partial charge in [-0.15, -0.1) is 0 Å². The predicted molar refractivity (Wildman–Crippen MR) is 544 cm³/mol. The van der Waals surface area contributed by atoms with Gasteiger partial charge in [-0.1, -0.05) is 113 Å². The maximum atomic E-state index is 13.2. The summed E-state index contributed by atoms with van der Waals surface area (Å²) >= 11 is 17.7. The summed E-state index contributed by atoms with van der Waals surface area (Å²) < 4.78 is 25.2. The normalized spacial score (nSPS) is 19.5. The minimum absolute atomic E-state index is 0.0104. The molecule has 4 amide bonds. The molecule has 11 aliphatic rings. The summed E-state index contributed by atoms with van der Waals surface area (Å²) in [5.41, 5.74) is 21.7. The Morgan fingerprint density at radius 3 is 1.51 bits per heavy atom. The summed E-state index contributed by atoms with van der Waals surface area (Å²) in [4.78, 5) is 164. The van der Waals surface area contributed by atoms with Crippen molar-refractivity contribution in [3.05, 3.63) is 97.3 Å². The molecule has 4 aromatic heterocycles. The highest BCUT2D eigenvalue weighted by Crippen LogP contribution is 2.46. The number of carboxylic acids is 2. The molecule has 1 saturated heterocycles. The number of fused-ring (bicyclic) bond motifs is 5. The molecule has 0 radical (unpaired) electrons. The van der Waals surface area contributed by atoms with Gasteiger partial charge in [0.15, 0.2) is 17.5 Å². The van der Waals surface area contributed by atoms with E-state index in [4.69, 9.17) is 86.1 Å². The number of rotatable bonds is 25. The fraction of sp³-hybridized carbons (Fsp3) is 0.622. The number of aliphatic carboxylic acids is 1. The zero-order valence-electron chi connectivity index (χ0n) is 83.8. The molecule has 0 spiro atoms. The van der Waals surface area contributed by atoms with E-state index in [0.29, 0.717) is 115 Å². The van der Waals surface area contributed by atoms with E-state index in [1.165, 1.54) is 91.6 Å². The molecule has 142 heavy (non-hydrogen) atoms. The van der Waals surface area contributed by atoms with Crippen molar-refractivity contribution in [3.8, 4) is 11.5 Å². The van der Waals surface area contributed by atoms with E-state index in [9.17, 15) is 53.3 Å². The van der Waals surface area contributed by atoms with E-state index < -0.39 is 41.0 Å². The minimum Gasteiger partial charge on any atom is -0.491 e. The van der Waals surface area contributed by atoms with E-state index in [2.05, 4.69) is 94.5 Å². The Bertz CT molecular complexity index is 5290. The number of nitrogen functional groups attached to an aromatic ring is 1. The lowest BCUT2D eigenvalue weighted by molar-refractivity contribution is -0.384. The third kappa shape index (κ3) is 28.3. The van der Waals surface area contributed by atoms with Gasteiger partial charge in [-0.3, -0.25) is 43.7 Å². The topological polar surface area (TPSA) is 535 Å². The molecule has 17 rings (SSSR count). The Morgan fingerprint density at radius 2 is 1.03 bits per heavy atom. The van der Waals surface area contributed by atoms with E-state index in [1.54, 1.807) is 53.3 Å². The number of nitrogens with one attached hydrogen (secondary N) is 4. The number of benzene rings is 2. The molecule has 6 fully saturated rings. The molecule has 5 saturated carbocycles. The molecule has 7 atom stereocenters. The molecule has 44 heteroatoms. The molecule has 0 unspecified atom stereocenters. The van der Waals surface area contributed by atoms with Crippen LogP contribution < -0.4 is 77.3 Å². The number of esters is 3. The van der Waals surface area contributed by atoms with Gasteiger partial charge in [-0.05, 0) is 201 Å². The number of nitrogens with two attached hydrogens (primary N) is 3. The highest BCUT2D eigenvalue weighted by molar-refractivity contribution is 6.29. The quantitative estimate of drug-likeness (QED) is 0.00642. The van der Waals surface area contributed by atoms with Crippen molar-refractivity contribution >= 4 is 152 Å². The summed E-state index contributed by atoms with van der Waals surface area (Å²) in [6.45, 7) is 16.6. The zero-order chi connectivity index (χ0) is 103. The third-order valence-electron chi connectivity index (χ3n) is 27.8. The van der Waals surface area contributed by atoms with Crippen LogP contribution in [0.1, 0.15) is 267 Å². The number of hydrogen-bond acceptors (Lipinski definition) is 34. The number of carbonyl (C=O) groups is 9. The second kappa shape index (κ2) is 54.3. The van der Waals surface area contributed by atoms with E-state index in [-0.39, 0.29) is 99.2 Å². The van der Waals surface area contributed by atoms with Gasteiger partial charge in [0.25, 0.3) is 5.91 Å². The number of carboxylic acid groups (broad SMARTS) is 2. The number of likely N-dealkylation sites (tertiary alicyclic amines) is 1. The molecule has 6 aliphatic heterocycles. The van der Waals surface area contributed by atoms with Gasteiger partial charge in [-0.25, -0.2) is 29.5 Å². The largest absolute Gasteiger partial charge is 0.491 e. The second-order valence-electron chi connectivity index (χ2n) is 36.8. The fourth-order valence-corrected chi connectivity index (χ4v) is 20.4. The Labute approximate surface area is 845 Å². The average molecular weight is 2040 g/mol. The second-order valence-corrected chi connectivity index (χ2v) is 37.8. The van der Waals surface area contributed by atoms with Crippen molar-refractivity contribution in [2.45, 2.75) is 326 Å². The molecule has 0 bridgehead atoms.